The van der Waals surface area contributed by atoms with Crippen LogP contribution in [-0.4, -0.2) is 71.5 Å². The highest BCUT2D eigenvalue weighted by molar-refractivity contribution is 5.82. The molecule has 2 aliphatic heterocycles. The van der Waals surface area contributed by atoms with Crippen molar-refractivity contribution in [3.63, 3.8) is 0 Å². The van der Waals surface area contributed by atoms with Crippen molar-refractivity contribution in [1.82, 2.24) is 19.8 Å². The minimum atomic E-state index is -0.457. The number of hydrogen-bond acceptors (Lipinski definition) is 8. The number of anilines is 1. The minimum absolute atomic E-state index is 0.0245. The minimum Gasteiger partial charge on any atom is -0.371 e. The van der Waals surface area contributed by atoms with Gasteiger partial charge < -0.3 is 34.3 Å². The molecule has 1 atom stereocenters. The number of nitrogens with zero attached hydrogens (tertiary/aromatic N) is 5. The summed E-state index contributed by atoms with van der Waals surface area (Å²) in [5, 5.41) is 12.0. The van der Waals surface area contributed by atoms with E-state index >= 15 is 0 Å². The first-order chi connectivity index (χ1) is 17.6. The number of ether oxygens (including phenoxy) is 2. The summed E-state index contributed by atoms with van der Waals surface area (Å²) < 4.78 is 26.0. The third-order valence-electron chi connectivity index (χ3n) is 6.65. The van der Waals surface area contributed by atoms with E-state index in [1.54, 1.807) is 6.08 Å². The number of piperidine rings is 1. The van der Waals surface area contributed by atoms with Crippen molar-refractivity contribution in [3.05, 3.63) is 72.2 Å². The number of guanidine groups is 1. The van der Waals surface area contributed by atoms with Crippen molar-refractivity contribution >= 4 is 22.9 Å². The molecule has 2 aromatic carbocycles. The molecule has 9 nitrogen and oxygen atoms in total. The van der Waals surface area contributed by atoms with Crippen LogP contribution in [-0.2, 0) is 16.0 Å². The molecule has 3 heterocycles. The molecule has 1 saturated heterocycles. The Labute approximate surface area is 209 Å². The largest absolute Gasteiger partial charge is 0.371 e. The Morgan fingerprint density at radius 1 is 1.14 bits per heavy atom. The van der Waals surface area contributed by atoms with Gasteiger partial charge in [-0.1, -0.05) is 24.3 Å². The van der Waals surface area contributed by atoms with Crippen LogP contribution in [0.3, 0.4) is 0 Å². The normalized spacial score (nSPS) is 18.4. The van der Waals surface area contributed by atoms with Gasteiger partial charge in [-0.25, -0.2) is 14.4 Å². The monoisotopic (exact) mass is 494 g/mol. The zero-order valence-corrected chi connectivity index (χ0v) is 20.3. The number of fused-ring (bicyclic) bond motifs is 1. The lowest BCUT2D eigenvalue weighted by molar-refractivity contribution is -0.120. The van der Waals surface area contributed by atoms with Crippen molar-refractivity contribution in [2.24, 2.45) is 4.99 Å². The first kappa shape index (κ1) is 24.2. The first-order valence-corrected chi connectivity index (χ1v) is 12.1. The van der Waals surface area contributed by atoms with E-state index in [2.05, 4.69) is 30.7 Å². The molecule has 0 bridgehead atoms. The Hall–Kier alpha value is -3.47. The molecule has 2 aliphatic rings. The number of aliphatic hydroxyl groups is 1. The number of aliphatic imine (C=N–C) groups is 1. The smallest absolute Gasteiger partial charge is 0.206 e. The van der Waals surface area contributed by atoms with E-state index in [9.17, 15) is 4.39 Å². The zero-order chi connectivity index (χ0) is 24.9. The maximum atomic E-state index is 13.4. The van der Waals surface area contributed by atoms with Gasteiger partial charge >= 0.3 is 0 Å². The molecule has 2 N–H and O–H groups in total. The van der Waals surface area contributed by atoms with Crippen LogP contribution in [0.1, 0.15) is 18.4 Å². The third-order valence-corrected chi connectivity index (χ3v) is 6.65. The first-order valence-electron chi connectivity index (χ1n) is 12.1. The fourth-order valence-electron chi connectivity index (χ4n) is 4.71. The van der Waals surface area contributed by atoms with Crippen LogP contribution in [0.25, 0.3) is 11.0 Å². The quantitative estimate of drug-likeness (QED) is 0.368. The summed E-state index contributed by atoms with van der Waals surface area (Å²) >= 11 is 0. The Kier molecular flexibility index (Phi) is 7.45. The molecule has 0 amide bonds. The maximum absolute atomic E-state index is 13.4. The number of para-hydroxylation sites is 2. The number of hydrogen-bond donors (Lipinski definition) is 2. The molecule has 0 saturated carbocycles. The van der Waals surface area contributed by atoms with Crippen LogP contribution in [0, 0.1) is 5.82 Å². The number of halogens is 1. The number of imidazole rings is 1. The van der Waals surface area contributed by atoms with E-state index in [0.717, 1.165) is 54.4 Å². The van der Waals surface area contributed by atoms with Gasteiger partial charge in [0.05, 0.1) is 17.6 Å². The molecular weight excluding hydrogens is 463 g/mol. The second kappa shape index (κ2) is 11.1. The number of rotatable bonds is 8. The number of aromatic nitrogens is 2. The van der Waals surface area contributed by atoms with Crippen molar-refractivity contribution in [2.75, 3.05) is 38.6 Å². The summed E-state index contributed by atoms with van der Waals surface area (Å²) in [7, 11) is 2.04. The molecule has 10 heteroatoms. The van der Waals surface area contributed by atoms with E-state index < -0.39 is 6.23 Å². The van der Waals surface area contributed by atoms with Crippen LogP contribution >= 0.6 is 0 Å². The van der Waals surface area contributed by atoms with Gasteiger partial charge in [0.2, 0.25) is 11.9 Å². The Balaban J connectivity index is 1.28. The standard InChI is InChI=1S/C26H31FN6O3/c1-31(25-28-13-10-24(30-25)36-18-35-17-34)21-11-14-32(15-12-21)26-29-22-4-2-3-5-23(22)33(26)16-19-6-8-20(27)9-7-19/h2-10,13,21,24,34H,11-12,14-18H2,1H3,(H,28,30). The van der Waals surface area contributed by atoms with Gasteiger partial charge in [-0.2, -0.15) is 0 Å². The second-order valence-corrected chi connectivity index (χ2v) is 8.91. The fraction of sp³-hybridized carbons (Fsp3) is 0.385. The lowest BCUT2D eigenvalue weighted by Crippen LogP contribution is -2.50. The molecule has 1 unspecified atom stereocenters. The van der Waals surface area contributed by atoms with E-state index in [0.29, 0.717) is 12.6 Å². The molecule has 190 valence electrons. The number of benzene rings is 2. The number of nitrogens with one attached hydrogen (secondary N) is 1. The van der Waals surface area contributed by atoms with Gasteiger partial charge in [-0.3, -0.25) is 0 Å². The van der Waals surface area contributed by atoms with Gasteiger partial charge in [-0.05, 0) is 48.7 Å². The van der Waals surface area contributed by atoms with Crippen molar-refractivity contribution in [2.45, 2.75) is 31.7 Å². The molecular formula is C26H31FN6O3. The average molecular weight is 495 g/mol. The van der Waals surface area contributed by atoms with E-state index in [1.807, 2.05) is 43.6 Å². The highest BCUT2D eigenvalue weighted by Gasteiger charge is 2.28. The maximum Gasteiger partial charge on any atom is 0.206 e. The molecule has 0 aliphatic carbocycles. The van der Waals surface area contributed by atoms with E-state index in [4.69, 9.17) is 19.6 Å². The fourth-order valence-corrected chi connectivity index (χ4v) is 4.71. The topological polar surface area (TPSA) is 87.4 Å². The van der Waals surface area contributed by atoms with Crippen LogP contribution < -0.4 is 10.2 Å². The molecule has 0 radical (unpaired) electrons. The predicted molar refractivity (Wildman–Crippen MR) is 136 cm³/mol. The SMILES string of the molecule is CN(C1=NC(OCOCO)C=CN1)C1CCN(c2nc3ccccc3n2Cc2ccc(F)cc2)CC1. The summed E-state index contributed by atoms with van der Waals surface area (Å²) in [6, 6.07) is 15.1. The Bertz CT molecular complexity index is 1220. The van der Waals surface area contributed by atoms with E-state index in [-0.39, 0.29) is 19.4 Å². The van der Waals surface area contributed by atoms with Gasteiger partial charge in [0.15, 0.2) is 13.0 Å². The summed E-state index contributed by atoms with van der Waals surface area (Å²) in [5.41, 5.74) is 3.06. The van der Waals surface area contributed by atoms with Crippen molar-refractivity contribution in [1.29, 1.82) is 0 Å². The molecule has 5 rings (SSSR count). The van der Waals surface area contributed by atoms with Crippen LogP contribution in [0.15, 0.2) is 65.8 Å². The highest BCUT2D eigenvalue weighted by atomic mass is 19.1. The van der Waals surface area contributed by atoms with Gasteiger partial charge in [0, 0.05) is 32.4 Å². The summed E-state index contributed by atoms with van der Waals surface area (Å²) in [5.74, 6) is 1.45. The number of aliphatic hydroxyl groups excluding tert-OH is 1. The average Bonchev–Trinajstić information content (AvgIpc) is 3.28. The van der Waals surface area contributed by atoms with Crippen molar-refractivity contribution < 1.29 is 19.0 Å². The molecule has 0 spiro atoms. The third kappa shape index (κ3) is 5.35. The molecule has 1 aromatic heterocycles. The Morgan fingerprint density at radius 3 is 2.69 bits per heavy atom. The predicted octanol–water partition coefficient (Wildman–Crippen LogP) is 2.86. The summed E-state index contributed by atoms with van der Waals surface area (Å²) in [6.07, 6.45) is 5.04. The van der Waals surface area contributed by atoms with Crippen molar-refractivity contribution in [3.8, 4) is 0 Å². The molecule has 36 heavy (non-hydrogen) atoms. The summed E-state index contributed by atoms with van der Waals surface area (Å²) in [6.45, 7) is 1.93. The van der Waals surface area contributed by atoms with Crippen LogP contribution in [0.5, 0.6) is 0 Å². The summed E-state index contributed by atoms with van der Waals surface area (Å²) in [4.78, 5) is 14.1. The van der Waals surface area contributed by atoms with Crippen LogP contribution in [0.4, 0.5) is 10.3 Å². The second-order valence-electron chi connectivity index (χ2n) is 8.91. The van der Waals surface area contributed by atoms with E-state index in [1.165, 1.54) is 12.1 Å². The Morgan fingerprint density at radius 2 is 1.92 bits per heavy atom. The zero-order valence-electron chi connectivity index (χ0n) is 20.3. The van der Waals surface area contributed by atoms with Gasteiger partial charge in [0.25, 0.3) is 0 Å². The van der Waals surface area contributed by atoms with Gasteiger partial charge in [0.1, 0.15) is 12.6 Å². The lowest BCUT2D eigenvalue weighted by atomic mass is 10.0. The molecule has 1 fully saturated rings. The van der Waals surface area contributed by atoms with Crippen LogP contribution in [0.2, 0.25) is 0 Å². The van der Waals surface area contributed by atoms with Gasteiger partial charge in [-0.15, -0.1) is 0 Å². The lowest BCUT2D eigenvalue weighted by Gasteiger charge is -2.39. The molecule has 3 aromatic rings. The highest BCUT2D eigenvalue weighted by Crippen LogP contribution is 2.27.